The topological polar surface area (TPSA) is 78.8 Å². The first-order valence-electron chi connectivity index (χ1n) is 9.24. The Labute approximate surface area is 189 Å². The molecule has 2 heterocycles. The number of fused-ring (bicyclic) bond motifs is 1. The third kappa shape index (κ3) is 4.46. The summed E-state index contributed by atoms with van der Waals surface area (Å²) in [6, 6.07) is 11.9. The third-order valence-corrected chi connectivity index (χ3v) is 8.38. The first-order chi connectivity index (χ1) is 14.2. The van der Waals surface area contributed by atoms with Crippen LogP contribution in [0.25, 0.3) is 0 Å². The van der Waals surface area contributed by atoms with E-state index in [4.69, 9.17) is 23.2 Å². The predicted octanol–water partition coefficient (Wildman–Crippen LogP) is 4.02. The number of aliphatic imine (C=N–C) groups is 1. The zero-order valence-corrected chi connectivity index (χ0v) is 19.2. The molecule has 0 radical (unpaired) electrons. The van der Waals surface area contributed by atoms with Crippen molar-refractivity contribution in [2.75, 3.05) is 27.5 Å². The molecule has 1 N–H and O–H groups in total. The number of amides is 1. The molecule has 6 nitrogen and oxygen atoms in total. The van der Waals surface area contributed by atoms with Crippen LogP contribution in [-0.2, 0) is 14.6 Å². The number of hydrogen-bond acceptors (Lipinski definition) is 6. The molecule has 10 heteroatoms. The average Bonchev–Trinajstić information content (AvgIpc) is 3.14. The molecule has 2 aromatic carbocycles. The first-order valence-corrected chi connectivity index (χ1v) is 12.8. The SMILES string of the molecule is Cc1c(Cl)cccc1NC(=O)CSC1=N[C@H]2CS(=O)(=O)C[C@@H]2N1c1cccc(Cl)c1. The second kappa shape index (κ2) is 8.42. The molecule has 0 saturated carbocycles. The largest absolute Gasteiger partial charge is 0.325 e. The van der Waals surface area contributed by atoms with Gasteiger partial charge in [-0.25, -0.2) is 8.42 Å². The molecule has 0 aliphatic carbocycles. The molecule has 0 bridgehead atoms. The maximum atomic E-state index is 12.5. The maximum absolute atomic E-state index is 12.5. The molecule has 0 aromatic heterocycles. The van der Waals surface area contributed by atoms with E-state index in [9.17, 15) is 13.2 Å². The fourth-order valence-corrected chi connectivity index (χ4v) is 6.75. The minimum Gasteiger partial charge on any atom is -0.325 e. The lowest BCUT2D eigenvalue weighted by Gasteiger charge is -2.26. The fourth-order valence-electron chi connectivity index (χ4n) is 3.62. The summed E-state index contributed by atoms with van der Waals surface area (Å²) < 4.78 is 24.2. The van der Waals surface area contributed by atoms with Gasteiger partial charge in [-0.1, -0.05) is 47.1 Å². The van der Waals surface area contributed by atoms with E-state index in [-0.39, 0.29) is 35.2 Å². The Morgan fingerprint density at radius 3 is 2.77 bits per heavy atom. The smallest absolute Gasteiger partial charge is 0.234 e. The number of thioether (sulfide) groups is 1. The Morgan fingerprint density at radius 2 is 2.00 bits per heavy atom. The van der Waals surface area contributed by atoms with Gasteiger partial charge in [-0.05, 0) is 42.8 Å². The Morgan fingerprint density at radius 1 is 1.23 bits per heavy atom. The maximum Gasteiger partial charge on any atom is 0.234 e. The van der Waals surface area contributed by atoms with Crippen molar-refractivity contribution in [3.8, 4) is 0 Å². The van der Waals surface area contributed by atoms with Crippen LogP contribution < -0.4 is 10.2 Å². The second-order valence-corrected chi connectivity index (χ2v) is 11.2. The van der Waals surface area contributed by atoms with E-state index >= 15 is 0 Å². The number of rotatable bonds is 4. The Kier molecular flexibility index (Phi) is 6.03. The number of amidine groups is 1. The molecule has 2 aliphatic heterocycles. The van der Waals surface area contributed by atoms with E-state index < -0.39 is 9.84 Å². The molecule has 2 atom stereocenters. The summed E-state index contributed by atoms with van der Waals surface area (Å²) in [7, 11) is -3.14. The van der Waals surface area contributed by atoms with E-state index in [1.54, 1.807) is 30.3 Å². The van der Waals surface area contributed by atoms with Gasteiger partial charge in [0.05, 0.1) is 29.3 Å². The van der Waals surface area contributed by atoms with Gasteiger partial charge in [0.15, 0.2) is 15.0 Å². The summed E-state index contributed by atoms with van der Waals surface area (Å²) in [4.78, 5) is 19.0. The minimum absolute atomic E-state index is 0.0205. The quantitative estimate of drug-likeness (QED) is 0.710. The van der Waals surface area contributed by atoms with Crippen LogP contribution in [0.5, 0.6) is 0 Å². The molecule has 0 unspecified atom stereocenters. The fraction of sp³-hybridized carbons (Fsp3) is 0.300. The number of nitrogens with one attached hydrogen (secondary N) is 1. The van der Waals surface area contributed by atoms with Crippen LogP contribution in [0, 0.1) is 6.92 Å². The number of benzene rings is 2. The molecule has 0 spiro atoms. The van der Waals surface area contributed by atoms with Crippen LogP contribution in [0.15, 0.2) is 47.5 Å². The van der Waals surface area contributed by atoms with Gasteiger partial charge in [0.1, 0.15) is 0 Å². The molecule has 2 aromatic rings. The first kappa shape index (κ1) is 21.5. The Hall–Kier alpha value is -1.74. The van der Waals surface area contributed by atoms with Crippen LogP contribution in [0.3, 0.4) is 0 Å². The molecule has 1 fully saturated rings. The predicted molar refractivity (Wildman–Crippen MR) is 125 cm³/mol. The highest BCUT2D eigenvalue weighted by Crippen LogP contribution is 2.36. The van der Waals surface area contributed by atoms with Crippen LogP contribution in [-0.4, -0.2) is 48.8 Å². The third-order valence-electron chi connectivity index (χ3n) is 5.07. The van der Waals surface area contributed by atoms with Gasteiger partial charge < -0.3 is 10.2 Å². The van der Waals surface area contributed by atoms with Crippen molar-refractivity contribution >= 4 is 67.3 Å². The van der Waals surface area contributed by atoms with Crippen LogP contribution in [0.2, 0.25) is 10.0 Å². The van der Waals surface area contributed by atoms with E-state index in [2.05, 4.69) is 10.3 Å². The molecule has 2 aliphatic rings. The van der Waals surface area contributed by atoms with Crippen molar-refractivity contribution in [3.05, 3.63) is 58.1 Å². The minimum atomic E-state index is -3.14. The molecule has 1 amide bonds. The van der Waals surface area contributed by atoms with Crippen LogP contribution >= 0.6 is 35.0 Å². The normalized spacial score (nSPS) is 22.0. The molecule has 158 valence electrons. The van der Waals surface area contributed by atoms with E-state index in [0.29, 0.717) is 20.9 Å². The Balaban J connectivity index is 1.51. The van der Waals surface area contributed by atoms with Crippen molar-refractivity contribution in [1.82, 2.24) is 0 Å². The summed E-state index contributed by atoms with van der Waals surface area (Å²) in [5, 5.41) is 4.63. The van der Waals surface area contributed by atoms with Crippen molar-refractivity contribution < 1.29 is 13.2 Å². The summed E-state index contributed by atoms with van der Waals surface area (Å²) in [6.45, 7) is 1.84. The monoisotopic (exact) mass is 483 g/mol. The van der Waals surface area contributed by atoms with E-state index in [0.717, 1.165) is 11.3 Å². The van der Waals surface area contributed by atoms with Gasteiger partial charge in [-0.15, -0.1) is 0 Å². The summed E-state index contributed by atoms with van der Waals surface area (Å²) in [5.41, 5.74) is 2.23. The average molecular weight is 484 g/mol. The van der Waals surface area contributed by atoms with Crippen molar-refractivity contribution in [2.45, 2.75) is 19.0 Å². The number of nitrogens with zero attached hydrogens (tertiary/aromatic N) is 2. The zero-order valence-electron chi connectivity index (χ0n) is 16.0. The number of anilines is 2. The van der Waals surface area contributed by atoms with Crippen molar-refractivity contribution in [2.24, 2.45) is 4.99 Å². The Bertz CT molecular complexity index is 1140. The summed E-state index contributed by atoms with van der Waals surface area (Å²) in [5.74, 6) is -0.00404. The highest BCUT2D eigenvalue weighted by atomic mass is 35.5. The number of hydrogen-bond donors (Lipinski definition) is 1. The van der Waals surface area contributed by atoms with Gasteiger partial charge in [0.2, 0.25) is 5.91 Å². The zero-order chi connectivity index (χ0) is 21.5. The van der Waals surface area contributed by atoms with Gasteiger partial charge in [0, 0.05) is 21.4 Å². The second-order valence-electron chi connectivity index (χ2n) is 7.22. The van der Waals surface area contributed by atoms with Crippen LogP contribution in [0.4, 0.5) is 11.4 Å². The standard InChI is InChI=1S/C20H19Cl2N3O3S2/c1-12-15(22)6-3-7-16(12)23-19(26)9-29-20-24-17-10-30(27,28)11-18(17)25(20)14-5-2-4-13(21)8-14/h2-8,17-18H,9-11H2,1H3,(H,23,26)/t17-,18-/m0/s1. The molecular formula is C20H19Cl2N3O3S2. The number of halogens is 2. The number of carbonyl (C=O) groups excluding carboxylic acids is 1. The molecule has 4 rings (SSSR count). The lowest BCUT2D eigenvalue weighted by Crippen LogP contribution is -2.39. The van der Waals surface area contributed by atoms with Gasteiger partial charge >= 0.3 is 0 Å². The number of carbonyl (C=O) groups is 1. The van der Waals surface area contributed by atoms with Crippen molar-refractivity contribution in [3.63, 3.8) is 0 Å². The highest BCUT2D eigenvalue weighted by molar-refractivity contribution is 8.14. The van der Waals surface area contributed by atoms with E-state index in [1.165, 1.54) is 11.8 Å². The lowest BCUT2D eigenvalue weighted by molar-refractivity contribution is -0.113. The van der Waals surface area contributed by atoms with Crippen LogP contribution in [0.1, 0.15) is 5.56 Å². The van der Waals surface area contributed by atoms with Crippen molar-refractivity contribution in [1.29, 1.82) is 0 Å². The van der Waals surface area contributed by atoms with Gasteiger partial charge in [-0.2, -0.15) is 0 Å². The van der Waals surface area contributed by atoms with E-state index in [1.807, 2.05) is 24.0 Å². The molecule has 1 saturated heterocycles. The number of sulfone groups is 1. The summed E-state index contributed by atoms with van der Waals surface area (Å²) >= 11 is 13.5. The summed E-state index contributed by atoms with van der Waals surface area (Å²) in [6.07, 6.45) is 0. The highest BCUT2D eigenvalue weighted by Gasteiger charge is 2.47. The molecule has 30 heavy (non-hydrogen) atoms. The molecular weight excluding hydrogens is 465 g/mol. The lowest BCUT2D eigenvalue weighted by atomic mass is 10.1. The van der Waals surface area contributed by atoms with Gasteiger partial charge in [-0.3, -0.25) is 9.79 Å². The van der Waals surface area contributed by atoms with Gasteiger partial charge in [0.25, 0.3) is 0 Å².